The van der Waals surface area contributed by atoms with Crippen LogP contribution < -0.4 is 4.90 Å². The van der Waals surface area contributed by atoms with E-state index in [0.29, 0.717) is 0 Å². The van der Waals surface area contributed by atoms with Crippen molar-refractivity contribution in [2.24, 2.45) is 0 Å². The fraction of sp³-hybridized carbons (Fsp3) is 0.300. The molecule has 1 aliphatic rings. The highest BCUT2D eigenvalue weighted by atomic mass is 127. The van der Waals surface area contributed by atoms with E-state index in [2.05, 4.69) is 71.9 Å². The Bertz CT molecular complexity index is 637. The van der Waals surface area contributed by atoms with E-state index >= 15 is 0 Å². The van der Waals surface area contributed by atoms with Crippen molar-refractivity contribution in [3.8, 4) is 0 Å². The smallest absolute Gasteiger partial charge is 0.0471 e. The van der Waals surface area contributed by atoms with E-state index < -0.39 is 0 Å². The van der Waals surface area contributed by atoms with Gasteiger partial charge in [0.15, 0.2) is 0 Å². The summed E-state index contributed by atoms with van der Waals surface area (Å²) in [7, 11) is 0. The van der Waals surface area contributed by atoms with Crippen molar-refractivity contribution in [2.45, 2.75) is 26.7 Å². The fourth-order valence-corrected chi connectivity index (χ4v) is 3.61. The van der Waals surface area contributed by atoms with Gasteiger partial charge in [-0.15, -0.1) is 0 Å². The van der Waals surface area contributed by atoms with Crippen molar-refractivity contribution in [1.29, 1.82) is 0 Å². The summed E-state index contributed by atoms with van der Waals surface area (Å²) in [6.45, 7) is 13.5. The van der Waals surface area contributed by atoms with Crippen molar-refractivity contribution in [3.05, 3.63) is 72.0 Å². The monoisotopic (exact) mass is 405 g/mol. The Labute approximate surface area is 148 Å². The number of anilines is 1. The third-order valence-electron chi connectivity index (χ3n) is 4.04. The third-order valence-corrected chi connectivity index (χ3v) is 4.58. The number of rotatable bonds is 6. The minimum atomic E-state index is 1.05. The van der Waals surface area contributed by atoms with E-state index in [-0.39, 0.29) is 0 Å². The van der Waals surface area contributed by atoms with Crippen molar-refractivity contribution < 1.29 is 0 Å². The lowest BCUT2D eigenvalue weighted by Gasteiger charge is -2.23. The van der Waals surface area contributed by atoms with Gasteiger partial charge in [0.1, 0.15) is 0 Å². The fourth-order valence-electron chi connectivity index (χ4n) is 2.98. The Balaban J connectivity index is 2.41. The second-order valence-electron chi connectivity index (χ2n) is 5.56. The average Bonchev–Trinajstić information content (AvgIpc) is 2.93. The van der Waals surface area contributed by atoms with Gasteiger partial charge in [-0.3, -0.25) is 0 Å². The molecule has 2 rings (SSSR count). The largest absolute Gasteiger partial charge is 0.345 e. The van der Waals surface area contributed by atoms with Gasteiger partial charge >= 0.3 is 0 Å². The van der Waals surface area contributed by atoms with Gasteiger partial charge in [-0.2, -0.15) is 0 Å². The van der Waals surface area contributed by atoms with Crippen LogP contribution in [0, 0.1) is 6.92 Å². The molecule has 1 aliphatic heterocycles. The molecule has 22 heavy (non-hydrogen) atoms. The highest BCUT2D eigenvalue weighted by molar-refractivity contribution is 14.1. The SMILES string of the molecule is C=C/C(=C\C=C/C)c1cc(C)c2c(c1)CCN2C(=C)CCI. The molecule has 0 radical (unpaired) electrons. The standard InChI is InChI=1S/C20H24IN/c1-5-7-8-17(6-2)19-13-15(3)20-18(14-19)10-12-22(20)16(4)9-11-21/h5-8,13-14H,2,4,9-12H2,1,3H3/b7-5-,17-8+. The second kappa shape index (κ2) is 7.82. The number of allylic oxidation sites excluding steroid dienone is 6. The summed E-state index contributed by atoms with van der Waals surface area (Å²) in [6, 6.07) is 4.59. The van der Waals surface area contributed by atoms with E-state index in [9.17, 15) is 0 Å². The Kier molecular flexibility index (Phi) is 6.07. The molecule has 0 unspecified atom stereocenters. The first-order valence-electron chi connectivity index (χ1n) is 7.73. The van der Waals surface area contributed by atoms with Crippen LogP contribution in [0.4, 0.5) is 5.69 Å². The lowest BCUT2D eigenvalue weighted by Crippen LogP contribution is -2.19. The van der Waals surface area contributed by atoms with Crippen LogP contribution in [0.2, 0.25) is 0 Å². The molecule has 0 aromatic heterocycles. The van der Waals surface area contributed by atoms with Gasteiger partial charge in [0.25, 0.3) is 0 Å². The van der Waals surface area contributed by atoms with Gasteiger partial charge in [-0.05, 0) is 61.1 Å². The summed E-state index contributed by atoms with van der Waals surface area (Å²) >= 11 is 2.42. The summed E-state index contributed by atoms with van der Waals surface area (Å²) in [5.41, 5.74) is 7.79. The minimum Gasteiger partial charge on any atom is -0.345 e. The van der Waals surface area contributed by atoms with Crippen molar-refractivity contribution in [1.82, 2.24) is 0 Å². The topological polar surface area (TPSA) is 3.24 Å². The zero-order valence-electron chi connectivity index (χ0n) is 13.5. The maximum Gasteiger partial charge on any atom is 0.0471 e. The number of aryl methyl sites for hydroxylation is 1. The van der Waals surface area contributed by atoms with Crippen LogP contribution in [0.1, 0.15) is 30.0 Å². The van der Waals surface area contributed by atoms with Gasteiger partial charge in [-0.25, -0.2) is 0 Å². The number of halogens is 1. The zero-order valence-corrected chi connectivity index (χ0v) is 15.7. The van der Waals surface area contributed by atoms with E-state index in [1.54, 1.807) is 0 Å². The first-order valence-corrected chi connectivity index (χ1v) is 9.25. The highest BCUT2D eigenvalue weighted by Crippen LogP contribution is 2.37. The van der Waals surface area contributed by atoms with Gasteiger partial charge < -0.3 is 4.90 Å². The molecule has 0 amide bonds. The molecule has 1 nitrogen and oxygen atoms in total. The number of alkyl halides is 1. The maximum absolute atomic E-state index is 4.27. The quantitative estimate of drug-likeness (QED) is 0.326. The normalized spacial score (nSPS) is 14.5. The lowest BCUT2D eigenvalue weighted by atomic mass is 9.98. The van der Waals surface area contributed by atoms with Gasteiger partial charge in [0.05, 0.1) is 0 Å². The van der Waals surface area contributed by atoms with E-state index in [1.165, 1.54) is 33.6 Å². The van der Waals surface area contributed by atoms with Gasteiger partial charge in [0.2, 0.25) is 0 Å². The third kappa shape index (κ3) is 3.54. The predicted octanol–water partition coefficient (Wildman–Crippen LogP) is 5.84. The summed E-state index contributed by atoms with van der Waals surface area (Å²) in [5, 5.41) is 0. The molecule has 0 bridgehead atoms. The Hall–Kier alpha value is -1.29. The number of nitrogens with zero attached hydrogens (tertiary/aromatic N) is 1. The molecule has 1 aromatic carbocycles. The molecular weight excluding hydrogens is 381 g/mol. The van der Waals surface area contributed by atoms with Crippen LogP contribution in [0.25, 0.3) is 5.57 Å². The van der Waals surface area contributed by atoms with Crippen LogP contribution in [0.15, 0.2) is 55.3 Å². The lowest BCUT2D eigenvalue weighted by molar-refractivity contribution is 0.905. The van der Waals surface area contributed by atoms with E-state index in [4.69, 9.17) is 0 Å². The molecule has 0 atom stereocenters. The zero-order chi connectivity index (χ0) is 16.1. The predicted molar refractivity (Wildman–Crippen MR) is 108 cm³/mol. The Morgan fingerprint density at radius 1 is 1.41 bits per heavy atom. The van der Waals surface area contributed by atoms with Gasteiger partial charge in [0, 0.05) is 22.4 Å². The molecule has 1 heterocycles. The summed E-state index contributed by atoms with van der Waals surface area (Å²) in [6.07, 6.45) is 10.3. The Morgan fingerprint density at radius 3 is 2.82 bits per heavy atom. The van der Waals surface area contributed by atoms with Crippen molar-refractivity contribution in [2.75, 3.05) is 15.9 Å². The molecule has 2 heteroatoms. The van der Waals surface area contributed by atoms with Crippen LogP contribution >= 0.6 is 22.6 Å². The number of hydrogen-bond acceptors (Lipinski definition) is 1. The molecule has 0 saturated carbocycles. The first-order chi connectivity index (χ1) is 10.6. The molecule has 0 aliphatic carbocycles. The Morgan fingerprint density at radius 2 is 2.18 bits per heavy atom. The molecule has 0 spiro atoms. The van der Waals surface area contributed by atoms with Gasteiger partial charge in [-0.1, -0.05) is 60.1 Å². The molecule has 0 saturated heterocycles. The van der Waals surface area contributed by atoms with Crippen LogP contribution in [-0.2, 0) is 6.42 Å². The maximum atomic E-state index is 4.27. The van der Waals surface area contributed by atoms with Crippen molar-refractivity contribution in [3.63, 3.8) is 0 Å². The molecule has 0 fully saturated rings. The molecule has 0 N–H and O–H groups in total. The second-order valence-corrected chi connectivity index (χ2v) is 6.64. The molecular formula is C20H24IN. The highest BCUT2D eigenvalue weighted by Gasteiger charge is 2.23. The van der Waals surface area contributed by atoms with Crippen LogP contribution in [0.3, 0.4) is 0 Å². The van der Waals surface area contributed by atoms with Crippen molar-refractivity contribution >= 4 is 33.9 Å². The van der Waals surface area contributed by atoms with Crippen LogP contribution in [-0.4, -0.2) is 11.0 Å². The number of benzene rings is 1. The molecule has 116 valence electrons. The van der Waals surface area contributed by atoms with Crippen LogP contribution in [0.5, 0.6) is 0 Å². The molecule has 1 aromatic rings. The summed E-state index contributed by atoms with van der Waals surface area (Å²) in [4.78, 5) is 2.40. The summed E-state index contributed by atoms with van der Waals surface area (Å²) in [5.74, 6) is 0. The summed E-state index contributed by atoms with van der Waals surface area (Å²) < 4.78 is 1.12. The van der Waals surface area contributed by atoms with E-state index in [1.807, 2.05) is 19.1 Å². The minimum absolute atomic E-state index is 1.05. The number of hydrogen-bond donors (Lipinski definition) is 0. The number of fused-ring (bicyclic) bond motifs is 1. The first kappa shape index (κ1) is 17.1. The van der Waals surface area contributed by atoms with E-state index in [0.717, 1.165) is 23.8 Å². The average molecular weight is 405 g/mol.